The first kappa shape index (κ1) is 15.0. The number of aliphatic carboxylic acids is 1. The molecule has 0 aromatic heterocycles. The standard InChI is InChI=1S/C14H22N2O4/c1-3-7-15-11(17)9-10(12(15)18)16-8-5-4-6-14(16,2)13(19)20/h10H,3-9H2,1-2H3,(H,19,20). The highest BCUT2D eigenvalue weighted by Crippen LogP contribution is 2.33. The summed E-state index contributed by atoms with van der Waals surface area (Å²) in [5.41, 5.74) is -1.04. The van der Waals surface area contributed by atoms with Crippen molar-refractivity contribution >= 4 is 17.8 Å². The van der Waals surface area contributed by atoms with Crippen molar-refractivity contribution in [2.45, 2.75) is 57.5 Å². The Labute approximate surface area is 118 Å². The zero-order chi connectivity index (χ0) is 14.9. The Kier molecular flexibility index (Phi) is 4.13. The van der Waals surface area contributed by atoms with Crippen molar-refractivity contribution in [3.8, 4) is 0 Å². The molecule has 20 heavy (non-hydrogen) atoms. The van der Waals surface area contributed by atoms with Gasteiger partial charge in [-0.3, -0.25) is 24.2 Å². The van der Waals surface area contributed by atoms with Crippen LogP contribution < -0.4 is 0 Å². The number of hydrogen-bond donors (Lipinski definition) is 1. The minimum absolute atomic E-state index is 0.113. The quantitative estimate of drug-likeness (QED) is 0.774. The Morgan fingerprint density at radius 2 is 2.10 bits per heavy atom. The second-order valence-electron chi connectivity index (χ2n) is 5.83. The molecule has 6 heteroatoms. The van der Waals surface area contributed by atoms with Gasteiger partial charge in [-0.05, 0) is 32.6 Å². The van der Waals surface area contributed by atoms with Gasteiger partial charge in [0.25, 0.3) is 0 Å². The van der Waals surface area contributed by atoms with E-state index in [9.17, 15) is 19.5 Å². The molecule has 2 aliphatic rings. The monoisotopic (exact) mass is 282 g/mol. The van der Waals surface area contributed by atoms with Crippen molar-refractivity contribution < 1.29 is 19.5 Å². The number of nitrogens with zero attached hydrogens (tertiary/aromatic N) is 2. The smallest absolute Gasteiger partial charge is 0.323 e. The van der Waals surface area contributed by atoms with Crippen LogP contribution in [0.25, 0.3) is 0 Å². The van der Waals surface area contributed by atoms with Gasteiger partial charge in [-0.1, -0.05) is 6.92 Å². The summed E-state index contributed by atoms with van der Waals surface area (Å²) in [5, 5.41) is 9.50. The summed E-state index contributed by atoms with van der Waals surface area (Å²) in [6.45, 7) is 4.56. The number of likely N-dealkylation sites (tertiary alicyclic amines) is 2. The number of carbonyl (C=O) groups is 3. The highest BCUT2D eigenvalue weighted by atomic mass is 16.4. The van der Waals surface area contributed by atoms with Crippen LogP contribution in [0.3, 0.4) is 0 Å². The molecule has 0 aliphatic carbocycles. The van der Waals surface area contributed by atoms with Crippen molar-refractivity contribution in [1.82, 2.24) is 9.80 Å². The summed E-state index contributed by atoms with van der Waals surface area (Å²) in [6.07, 6.45) is 3.07. The first-order valence-electron chi connectivity index (χ1n) is 7.26. The molecule has 2 aliphatic heterocycles. The van der Waals surface area contributed by atoms with E-state index in [1.165, 1.54) is 4.90 Å². The molecular formula is C14H22N2O4. The van der Waals surface area contributed by atoms with Gasteiger partial charge in [0.1, 0.15) is 5.54 Å². The van der Waals surface area contributed by atoms with Gasteiger partial charge in [-0.2, -0.15) is 0 Å². The van der Waals surface area contributed by atoms with Crippen LogP contribution in [-0.4, -0.2) is 57.4 Å². The Balaban J connectivity index is 2.24. The SMILES string of the molecule is CCCN1C(=O)CC(N2CCCCC2(C)C(=O)O)C1=O. The third-order valence-corrected chi connectivity index (χ3v) is 4.45. The highest BCUT2D eigenvalue weighted by Gasteiger charge is 2.51. The normalized spacial score (nSPS) is 31.9. The average Bonchev–Trinajstić information content (AvgIpc) is 2.67. The van der Waals surface area contributed by atoms with E-state index >= 15 is 0 Å². The number of carboxylic acids is 1. The molecule has 0 saturated carbocycles. The number of piperidine rings is 1. The van der Waals surface area contributed by atoms with Crippen LogP contribution in [-0.2, 0) is 14.4 Å². The summed E-state index contributed by atoms with van der Waals surface area (Å²) in [7, 11) is 0. The number of rotatable bonds is 4. The molecule has 0 aromatic rings. The summed E-state index contributed by atoms with van der Waals surface area (Å²) in [4.78, 5) is 38.9. The fourth-order valence-electron chi connectivity index (χ4n) is 3.24. The molecule has 0 bridgehead atoms. The minimum atomic E-state index is -1.04. The maximum absolute atomic E-state index is 12.4. The Bertz CT molecular complexity index is 437. The molecule has 2 atom stereocenters. The van der Waals surface area contributed by atoms with E-state index < -0.39 is 17.6 Å². The lowest BCUT2D eigenvalue weighted by Crippen LogP contribution is -2.60. The molecule has 6 nitrogen and oxygen atoms in total. The van der Waals surface area contributed by atoms with E-state index in [0.717, 1.165) is 19.3 Å². The molecule has 1 N–H and O–H groups in total. The lowest BCUT2D eigenvalue weighted by Gasteiger charge is -2.44. The van der Waals surface area contributed by atoms with E-state index in [-0.39, 0.29) is 18.2 Å². The fourth-order valence-corrected chi connectivity index (χ4v) is 3.24. The zero-order valence-electron chi connectivity index (χ0n) is 12.1. The Morgan fingerprint density at radius 3 is 2.70 bits per heavy atom. The summed E-state index contributed by atoms with van der Waals surface area (Å²) in [5.74, 6) is -1.32. The second kappa shape index (κ2) is 5.52. The highest BCUT2D eigenvalue weighted by molar-refractivity contribution is 6.05. The second-order valence-corrected chi connectivity index (χ2v) is 5.83. The maximum Gasteiger partial charge on any atom is 0.323 e. The van der Waals surface area contributed by atoms with Crippen LogP contribution in [0.15, 0.2) is 0 Å². The van der Waals surface area contributed by atoms with Gasteiger partial charge >= 0.3 is 5.97 Å². The fraction of sp³-hybridized carbons (Fsp3) is 0.786. The van der Waals surface area contributed by atoms with Gasteiger partial charge in [0.05, 0.1) is 12.5 Å². The van der Waals surface area contributed by atoms with Crippen molar-refractivity contribution in [3.05, 3.63) is 0 Å². The van der Waals surface area contributed by atoms with Crippen LogP contribution in [0.2, 0.25) is 0 Å². The van der Waals surface area contributed by atoms with Crippen molar-refractivity contribution in [2.24, 2.45) is 0 Å². The summed E-state index contributed by atoms with van der Waals surface area (Å²) in [6, 6.07) is -0.601. The lowest BCUT2D eigenvalue weighted by atomic mass is 9.86. The van der Waals surface area contributed by atoms with Crippen LogP contribution in [0.5, 0.6) is 0 Å². The van der Waals surface area contributed by atoms with Gasteiger partial charge in [0.2, 0.25) is 11.8 Å². The molecule has 2 fully saturated rings. The molecule has 0 aromatic carbocycles. The summed E-state index contributed by atoms with van der Waals surface area (Å²) >= 11 is 0. The third kappa shape index (κ3) is 2.32. The van der Waals surface area contributed by atoms with E-state index in [2.05, 4.69) is 0 Å². The van der Waals surface area contributed by atoms with Gasteiger partial charge in [-0.15, -0.1) is 0 Å². The molecule has 112 valence electrons. The minimum Gasteiger partial charge on any atom is -0.480 e. The van der Waals surface area contributed by atoms with Crippen molar-refractivity contribution in [1.29, 1.82) is 0 Å². The number of amides is 2. The first-order chi connectivity index (χ1) is 9.41. The van der Waals surface area contributed by atoms with Crippen LogP contribution >= 0.6 is 0 Å². The average molecular weight is 282 g/mol. The number of imide groups is 1. The summed E-state index contributed by atoms with van der Waals surface area (Å²) < 4.78 is 0. The van der Waals surface area contributed by atoms with E-state index in [1.54, 1.807) is 11.8 Å². The maximum atomic E-state index is 12.4. The molecule has 2 amide bonds. The molecule has 2 rings (SSSR count). The number of carbonyl (C=O) groups excluding carboxylic acids is 2. The van der Waals surface area contributed by atoms with Gasteiger partial charge in [0, 0.05) is 13.1 Å². The lowest BCUT2D eigenvalue weighted by molar-refractivity contribution is -0.157. The van der Waals surface area contributed by atoms with Crippen LogP contribution in [0.1, 0.15) is 46.0 Å². The van der Waals surface area contributed by atoms with Gasteiger partial charge < -0.3 is 5.11 Å². The van der Waals surface area contributed by atoms with Gasteiger partial charge in [-0.25, -0.2) is 0 Å². The molecule has 0 spiro atoms. The Hall–Kier alpha value is -1.43. The van der Waals surface area contributed by atoms with E-state index in [0.29, 0.717) is 19.5 Å². The molecular weight excluding hydrogens is 260 g/mol. The van der Waals surface area contributed by atoms with E-state index in [1.807, 2.05) is 6.92 Å². The van der Waals surface area contributed by atoms with Crippen LogP contribution in [0.4, 0.5) is 0 Å². The zero-order valence-corrected chi connectivity index (χ0v) is 12.1. The molecule has 2 saturated heterocycles. The molecule has 2 heterocycles. The number of carboxylic acid groups (broad SMARTS) is 1. The van der Waals surface area contributed by atoms with Crippen molar-refractivity contribution in [3.63, 3.8) is 0 Å². The largest absolute Gasteiger partial charge is 0.480 e. The Morgan fingerprint density at radius 1 is 1.40 bits per heavy atom. The van der Waals surface area contributed by atoms with Crippen LogP contribution in [0, 0.1) is 0 Å². The van der Waals surface area contributed by atoms with Gasteiger partial charge in [0.15, 0.2) is 0 Å². The topological polar surface area (TPSA) is 77.9 Å². The predicted molar refractivity (Wildman–Crippen MR) is 72.0 cm³/mol. The molecule has 2 unspecified atom stereocenters. The predicted octanol–water partition coefficient (Wildman–Crippen LogP) is 0.853. The first-order valence-corrected chi connectivity index (χ1v) is 7.26. The van der Waals surface area contributed by atoms with E-state index in [4.69, 9.17) is 0 Å². The van der Waals surface area contributed by atoms with Crippen molar-refractivity contribution in [2.75, 3.05) is 13.1 Å². The number of hydrogen-bond acceptors (Lipinski definition) is 4. The third-order valence-electron chi connectivity index (χ3n) is 4.45. The molecule has 0 radical (unpaired) electrons.